The van der Waals surface area contributed by atoms with E-state index in [1.807, 2.05) is 0 Å². The third kappa shape index (κ3) is 4.23. The Morgan fingerprint density at radius 3 is 1.63 bits per heavy atom. The van der Waals surface area contributed by atoms with Crippen molar-refractivity contribution in [2.45, 2.75) is 63.7 Å². The van der Waals surface area contributed by atoms with E-state index in [0.29, 0.717) is 35.3 Å². The molecule has 1 aromatic rings. The summed E-state index contributed by atoms with van der Waals surface area (Å²) in [7, 11) is 0. The molecule has 2 saturated carbocycles. The largest absolute Gasteiger partial charge is 0.346 e. The van der Waals surface area contributed by atoms with Crippen molar-refractivity contribution in [1.29, 1.82) is 0 Å². The lowest BCUT2D eigenvalue weighted by Gasteiger charge is -2.18. The van der Waals surface area contributed by atoms with Crippen LogP contribution in [-0.4, -0.2) is 76.9 Å². The monoisotopic (exact) mass is 411 g/mol. The molecular weight excluding hydrogens is 378 g/mol. The molecule has 3 heterocycles. The molecule has 5 rings (SSSR count). The molecule has 0 radical (unpaired) electrons. The van der Waals surface area contributed by atoms with Gasteiger partial charge in [-0.2, -0.15) is 0 Å². The maximum absolute atomic E-state index is 12.8. The predicted octanol–water partition coefficient (Wildman–Crippen LogP) is 1.51. The van der Waals surface area contributed by atoms with Gasteiger partial charge in [-0.05, 0) is 49.7 Å². The molecular formula is C23H33N5O2. The Kier molecular flexibility index (Phi) is 5.27. The summed E-state index contributed by atoms with van der Waals surface area (Å²) in [5, 5.41) is 6.30. The Bertz CT molecular complexity index is 758. The predicted molar refractivity (Wildman–Crippen MR) is 114 cm³/mol. The number of nitrogens with zero attached hydrogens (tertiary/aromatic N) is 3. The summed E-state index contributed by atoms with van der Waals surface area (Å²) in [4.78, 5) is 35.0. The van der Waals surface area contributed by atoms with E-state index in [-0.39, 0.29) is 23.9 Å². The number of amides is 2. The van der Waals surface area contributed by atoms with E-state index in [2.05, 4.69) is 39.3 Å². The zero-order valence-electron chi connectivity index (χ0n) is 18.0. The Morgan fingerprint density at radius 1 is 0.800 bits per heavy atom. The van der Waals surface area contributed by atoms with Crippen molar-refractivity contribution in [2.75, 3.05) is 26.2 Å². The van der Waals surface area contributed by atoms with Crippen LogP contribution >= 0.6 is 0 Å². The van der Waals surface area contributed by atoms with Gasteiger partial charge < -0.3 is 10.6 Å². The van der Waals surface area contributed by atoms with Crippen LogP contribution in [0.15, 0.2) is 18.2 Å². The third-order valence-electron chi connectivity index (χ3n) is 7.26. The van der Waals surface area contributed by atoms with Crippen LogP contribution in [0.4, 0.5) is 0 Å². The van der Waals surface area contributed by atoms with E-state index in [4.69, 9.17) is 0 Å². The van der Waals surface area contributed by atoms with Gasteiger partial charge >= 0.3 is 0 Å². The molecule has 0 spiro atoms. The lowest BCUT2D eigenvalue weighted by Crippen LogP contribution is -2.41. The molecule has 2 N–H and O–H groups in total. The van der Waals surface area contributed by atoms with Gasteiger partial charge in [-0.1, -0.05) is 19.9 Å². The van der Waals surface area contributed by atoms with Crippen LogP contribution in [-0.2, 0) is 0 Å². The fourth-order valence-corrected chi connectivity index (χ4v) is 5.03. The number of aromatic nitrogens is 1. The second-order valence-electron chi connectivity index (χ2n) is 9.89. The van der Waals surface area contributed by atoms with E-state index in [0.717, 1.165) is 26.2 Å². The lowest BCUT2D eigenvalue weighted by atomic mass is 10.1. The first kappa shape index (κ1) is 19.9. The Balaban J connectivity index is 1.19. The fraction of sp³-hybridized carbons (Fsp3) is 0.696. The lowest BCUT2D eigenvalue weighted by molar-refractivity contribution is 0.0921. The SMILES string of the molecule is CC1CN(C2CC2)CC1NC(=O)c1cccc(C(=O)NC2CN(C3CC3)CC2C)n1. The summed E-state index contributed by atoms with van der Waals surface area (Å²) in [6.07, 6.45) is 5.13. The van der Waals surface area contributed by atoms with Gasteiger partial charge in [-0.3, -0.25) is 19.4 Å². The number of carbonyl (C=O) groups excluding carboxylic acids is 2. The standard InChI is InChI=1S/C23H33N5O2/c1-14-10-27(16-6-7-16)12-20(14)25-22(29)18-4-3-5-19(24-18)23(30)26-21-13-28(11-15(21)2)17-8-9-17/h3-5,14-17,20-21H,6-13H2,1-2H3,(H,25,29)(H,26,30). The fourth-order valence-electron chi connectivity index (χ4n) is 5.03. The van der Waals surface area contributed by atoms with Crippen LogP contribution in [0.5, 0.6) is 0 Å². The van der Waals surface area contributed by atoms with E-state index in [9.17, 15) is 9.59 Å². The molecule has 2 aliphatic heterocycles. The quantitative estimate of drug-likeness (QED) is 0.742. The van der Waals surface area contributed by atoms with Gasteiger partial charge in [-0.15, -0.1) is 0 Å². The van der Waals surface area contributed by atoms with Crippen LogP contribution in [0.1, 0.15) is 60.5 Å². The number of carbonyl (C=O) groups is 2. The highest BCUT2D eigenvalue weighted by Crippen LogP contribution is 2.32. The first-order chi connectivity index (χ1) is 14.5. The zero-order chi connectivity index (χ0) is 20.8. The molecule has 1 aromatic heterocycles. The number of likely N-dealkylation sites (tertiary alicyclic amines) is 2. The average Bonchev–Trinajstić information content (AvgIpc) is 3.66. The summed E-state index contributed by atoms with van der Waals surface area (Å²) in [5.41, 5.74) is 0.637. The smallest absolute Gasteiger partial charge is 0.270 e. The molecule has 4 atom stereocenters. The van der Waals surface area contributed by atoms with E-state index in [1.165, 1.54) is 25.7 Å². The molecule has 2 aliphatic carbocycles. The van der Waals surface area contributed by atoms with Gasteiger partial charge in [0.25, 0.3) is 11.8 Å². The second kappa shape index (κ2) is 7.93. The van der Waals surface area contributed by atoms with Gasteiger partial charge in [0.1, 0.15) is 11.4 Å². The first-order valence-electron chi connectivity index (χ1n) is 11.5. The van der Waals surface area contributed by atoms with E-state index in [1.54, 1.807) is 18.2 Å². The van der Waals surface area contributed by atoms with Crippen molar-refractivity contribution < 1.29 is 9.59 Å². The van der Waals surface area contributed by atoms with Gasteiger partial charge in [0.05, 0.1) is 0 Å². The minimum Gasteiger partial charge on any atom is -0.346 e. The van der Waals surface area contributed by atoms with Crippen LogP contribution in [0.25, 0.3) is 0 Å². The van der Waals surface area contributed by atoms with Crippen LogP contribution < -0.4 is 10.6 Å². The molecule has 4 aliphatic rings. The highest BCUT2D eigenvalue weighted by molar-refractivity contribution is 5.96. The topological polar surface area (TPSA) is 77.6 Å². The maximum atomic E-state index is 12.8. The molecule has 2 amide bonds. The van der Waals surface area contributed by atoms with Crippen molar-refractivity contribution >= 4 is 11.8 Å². The van der Waals surface area contributed by atoms with Crippen molar-refractivity contribution in [1.82, 2.24) is 25.4 Å². The normalized spacial score (nSPS) is 32.3. The molecule has 30 heavy (non-hydrogen) atoms. The molecule has 0 aromatic carbocycles. The van der Waals surface area contributed by atoms with Crippen molar-refractivity contribution in [3.8, 4) is 0 Å². The highest BCUT2D eigenvalue weighted by Gasteiger charge is 2.40. The maximum Gasteiger partial charge on any atom is 0.270 e. The summed E-state index contributed by atoms with van der Waals surface area (Å²) in [6, 6.07) is 6.85. The van der Waals surface area contributed by atoms with Crippen molar-refractivity contribution in [3.05, 3.63) is 29.6 Å². The Labute approximate surface area is 178 Å². The third-order valence-corrected chi connectivity index (χ3v) is 7.26. The number of nitrogens with one attached hydrogen (secondary N) is 2. The van der Waals surface area contributed by atoms with Crippen molar-refractivity contribution in [3.63, 3.8) is 0 Å². The summed E-state index contributed by atoms with van der Waals surface area (Å²) in [5.74, 6) is 0.486. The number of hydrogen-bond donors (Lipinski definition) is 2. The molecule has 7 nitrogen and oxygen atoms in total. The average molecular weight is 412 g/mol. The summed E-state index contributed by atoms with van der Waals surface area (Å²) < 4.78 is 0. The second-order valence-corrected chi connectivity index (χ2v) is 9.89. The molecule has 2 saturated heterocycles. The number of hydrogen-bond acceptors (Lipinski definition) is 5. The summed E-state index contributed by atoms with van der Waals surface area (Å²) >= 11 is 0. The minimum atomic E-state index is -0.187. The van der Waals surface area contributed by atoms with Crippen molar-refractivity contribution in [2.24, 2.45) is 11.8 Å². The Hall–Kier alpha value is -1.99. The molecule has 0 bridgehead atoms. The zero-order valence-corrected chi connectivity index (χ0v) is 18.0. The van der Waals surface area contributed by atoms with Gasteiger partial charge in [0.2, 0.25) is 0 Å². The van der Waals surface area contributed by atoms with Crippen LogP contribution in [0.3, 0.4) is 0 Å². The van der Waals surface area contributed by atoms with E-state index >= 15 is 0 Å². The van der Waals surface area contributed by atoms with Crippen LogP contribution in [0.2, 0.25) is 0 Å². The highest BCUT2D eigenvalue weighted by atomic mass is 16.2. The van der Waals surface area contributed by atoms with E-state index < -0.39 is 0 Å². The molecule has 4 unspecified atom stereocenters. The Morgan fingerprint density at radius 2 is 1.23 bits per heavy atom. The van der Waals surface area contributed by atoms with Gasteiger partial charge in [0, 0.05) is 50.3 Å². The molecule has 4 fully saturated rings. The van der Waals surface area contributed by atoms with Gasteiger partial charge in [0.15, 0.2) is 0 Å². The number of rotatable bonds is 6. The van der Waals surface area contributed by atoms with Gasteiger partial charge in [-0.25, -0.2) is 4.98 Å². The number of pyridine rings is 1. The first-order valence-corrected chi connectivity index (χ1v) is 11.5. The minimum absolute atomic E-state index is 0.144. The van der Waals surface area contributed by atoms with Crippen LogP contribution in [0, 0.1) is 11.8 Å². The molecule has 162 valence electrons. The summed E-state index contributed by atoms with van der Waals surface area (Å²) in [6.45, 7) is 8.30. The molecule has 7 heteroatoms.